The average Bonchev–Trinajstić information content (AvgIpc) is 3.23. The number of hydrogen-bond acceptors (Lipinski definition) is 4. The highest BCUT2D eigenvalue weighted by Gasteiger charge is 2.26. The molecule has 2 aromatic rings. The zero-order valence-electron chi connectivity index (χ0n) is 16.6. The molecular weight excluding hydrogens is 380 g/mol. The van der Waals surface area contributed by atoms with E-state index < -0.39 is 0 Å². The maximum atomic E-state index is 12.2. The number of hydrazine groups is 2. The topological polar surface area (TPSA) is 112 Å². The van der Waals surface area contributed by atoms with Crippen LogP contribution in [-0.2, 0) is 22.7 Å². The van der Waals surface area contributed by atoms with Crippen LogP contribution in [0.2, 0.25) is 0 Å². The van der Waals surface area contributed by atoms with Gasteiger partial charge in [0.15, 0.2) is 0 Å². The first-order valence-electron chi connectivity index (χ1n) is 10.0. The molecule has 2 amide bonds. The summed E-state index contributed by atoms with van der Waals surface area (Å²) in [6, 6.07) is 15.3. The Labute approximate surface area is 174 Å². The predicted octanol–water partition coefficient (Wildman–Crippen LogP) is 2.29. The van der Waals surface area contributed by atoms with Gasteiger partial charge in [-0.05, 0) is 24.0 Å². The predicted molar refractivity (Wildman–Crippen MR) is 112 cm³/mol. The Morgan fingerprint density at radius 2 is 1.13 bits per heavy atom. The van der Waals surface area contributed by atoms with Gasteiger partial charge in [0.25, 0.3) is 0 Å². The molecule has 8 nitrogen and oxygen atoms in total. The lowest BCUT2D eigenvalue weighted by Gasteiger charge is -2.19. The van der Waals surface area contributed by atoms with E-state index in [2.05, 4.69) is 10.9 Å². The number of fused-ring (bicyclic) bond motifs is 2. The van der Waals surface area contributed by atoms with Crippen molar-refractivity contribution in [1.29, 1.82) is 10.8 Å². The molecule has 0 radical (unpaired) electrons. The van der Waals surface area contributed by atoms with E-state index >= 15 is 0 Å². The van der Waals surface area contributed by atoms with Crippen molar-refractivity contribution in [3.05, 3.63) is 70.8 Å². The Morgan fingerprint density at radius 3 is 1.53 bits per heavy atom. The SMILES string of the molecule is N=C1c2ccccc2CN1NC(=O)CCCCC(=O)NN1Cc2ccccc2C1=N. The first-order chi connectivity index (χ1) is 14.5. The Bertz CT molecular complexity index is 937. The highest BCUT2D eigenvalue weighted by Crippen LogP contribution is 2.21. The van der Waals surface area contributed by atoms with Crippen LogP contribution in [0.3, 0.4) is 0 Å². The first-order valence-corrected chi connectivity index (χ1v) is 10.0. The highest BCUT2D eigenvalue weighted by atomic mass is 16.2. The summed E-state index contributed by atoms with van der Waals surface area (Å²) in [5.41, 5.74) is 9.26. The molecule has 0 unspecified atom stereocenters. The Morgan fingerprint density at radius 1 is 0.733 bits per heavy atom. The molecule has 154 valence electrons. The minimum Gasteiger partial charge on any atom is -0.283 e. The number of amides is 2. The summed E-state index contributed by atoms with van der Waals surface area (Å²) >= 11 is 0. The molecule has 2 aliphatic rings. The number of unbranched alkanes of at least 4 members (excludes halogenated alkanes) is 1. The number of rotatable bonds is 7. The van der Waals surface area contributed by atoms with Gasteiger partial charge in [0, 0.05) is 24.0 Å². The first kappa shape index (κ1) is 19.6. The second-order valence-corrected chi connectivity index (χ2v) is 7.46. The molecule has 0 aromatic heterocycles. The molecule has 0 fully saturated rings. The van der Waals surface area contributed by atoms with Gasteiger partial charge in [0.05, 0.1) is 13.1 Å². The van der Waals surface area contributed by atoms with Crippen molar-refractivity contribution in [2.24, 2.45) is 0 Å². The van der Waals surface area contributed by atoms with Gasteiger partial charge in [-0.2, -0.15) is 0 Å². The zero-order valence-corrected chi connectivity index (χ0v) is 16.6. The minimum absolute atomic E-state index is 0.162. The van der Waals surface area contributed by atoms with E-state index in [4.69, 9.17) is 10.8 Å². The van der Waals surface area contributed by atoms with Crippen molar-refractivity contribution in [2.45, 2.75) is 38.8 Å². The van der Waals surface area contributed by atoms with Crippen LogP contribution < -0.4 is 10.9 Å². The molecule has 2 heterocycles. The third kappa shape index (κ3) is 4.03. The van der Waals surface area contributed by atoms with Crippen LogP contribution >= 0.6 is 0 Å². The molecule has 0 bridgehead atoms. The van der Waals surface area contributed by atoms with Crippen LogP contribution in [0.1, 0.15) is 47.9 Å². The Kier molecular flexibility index (Phi) is 5.47. The lowest BCUT2D eigenvalue weighted by molar-refractivity contribution is -0.126. The number of hydrogen-bond donors (Lipinski definition) is 4. The van der Waals surface area contributed by atoms with E-state index in [1.165, 1.54) is 0 Å². The second-order valence-electron chi connectivity index (χ2n) is 7.46. The summed E-state index contributed by atoms with van der Waals surface area (Å²) in [4.78, 5) is 24.4. The minimum atomic E-state index is -0.162. The molecule has 4 N–H and O–H groups in total. The summed E-state index contributed by atoms with van der Waals surface area (Å²) in [7, 11) is 0. The molecule has 0 saturated heterocycles. The number of amidine groups is 2. The fraction of sp³-hybridized carbons (Fsp3) is 0.273. The standard InChI is InChI=1S/C22H24N6O2/c23-21-17-9-3-1-7-15(17)13-27(21)25-19(29)11-5-6-12-20(30)26-28-14-16-8-2-4-10-18(16)22(28)24/h1-4,7-10,23-24H,5-6,11-14H2,(H,25,29)(H,26,30). The van der Waals surface area contributed by atoms with Crippen molar-refractivity contribution < 1.29 is 9.59 Å². The van der Waals surface area contributed by atoms with Gasteiger partial charge in [-0.15, -0.1) is 0 Å². The lowest BCUT2D eigenvalue weighted by Crippen LogP contribution is -2.42. The number of carbonyl (C=O) groups is 2. The smallest absolute Gasteiger partial charge is 0.238 e. The van der Waals surface area contributed by atoms with Gasteiger partial charge in [-0.3, -0.25) is 41.3 Å². The monoisotopic (exact) mass is 404 g/mol. The second kappa shape index (κ2) is 8.36. The number of benzene rings is 2. The number of nitrogens with one attached hydrogen (secondary N) is 4. The summed E-state index contributed by atoms with van der Waals surface area (Å²) in [6.45, 7) is 0.987. The lowest BCUT2D eigenvalue weighted by atomic mass is 10.1. The molecule has 2 aliphatic heterocycles. The molecular formula is C22H24N6O2. The van der Waals surface area contributed by atoms with Crippen LogP contribution in [0.15, 0.2) is 48.5 Å². The van der Waals surface area contributed by atoms with Crippen molar-refractivity contribution in [2.75, 3.05) is 0 Å². The quantitative estimate of drug-likeness (QED) is 0.531. The maximum absolute atomic E-state index is 12.2. The number of nitrogens with zero attached hydrogens (tertiary/aromatic N) is 2. The highest BCUT2D eigenvalue weighted by molar-refractivity contribution is 6.01. The summed E-state index contributed by atoms with van der Waals surface area (Å²) < 4.78 is 0. The molecule has 0 saturated carbocycles. The van der Waals surface area contributed by atoms with Crippen molar-refractivity contribution in [1.82, 2.24) is 20.9 Å². The molecule has 2 aromatic carbocycles. The molecule has 30 heavy (non-hydrogen) atoms. The zero-order chi connectivity index (χ0) is 21.1. The van der Waals surface area contributed by atoms with Crippen molar-refractivity contribution >= 4 is 23.5 Å². The van der Waals surface area contributed by atoms with E-state index in [-0.39, 0.29) is 11.8 Å². The molecule has 0 spiro atoms. The van der Waals surface area contributed by atoms with Gasteiger partial charge >= 0.3 is 0 Å². The maximum Gasteiger partial charge on any atom is 0.238 e. The molecule has 0 aliphatic carbocycles. The van der Waals surface area contributed by atoms with Gasteiger partial charge in [0.1, 0.15) is 11.7 Å². The van der Waals surface area contributed by atoms with Crippen LogP contribution in [0.5, 0.6) is 0 Å². The summed E-state index contributed by atoms with van der Waals surface area (Å²) in [5, 5.41) is 19.4. The van der Waals surface area contributed by atoms with Crippen LogP contribution in [0.4, 0.5) is 0 Å². The van der Waals surface area contributed by atoms with Crippen LogP contribution in [0, 0.1) is 10.8 Å². The third-order valence-electron chi connectivity index (χ3n) is 5.32. The van der Waals surface area contributed by atoms with E-state index in [0.717, 1.165) is 22.3 Å². The van der Waals surface area contributed by atoms with Crippen LogP contribution in [-0.4, -0.2) is 33.5 Å². The summed E-state index contributed by atoms with van der Waals surface area (Å²) in [5.74, 6) is 0.272. The van der Waals surface area contributed by atoms with Crippen molar-refractivity contribution in [3.8, 4) is 0 Å². The van der Waals surface area contributed by atoms with Gasteiger partial charge in [-0.25, -0.2) is 0 Å². The summed E-state index contributed by atoms with van der Waals surface area (Å²) in [6.07, 6.45) is 1.73. The van der Waals surface area contributed by atoms with Gasteiger partial charge in [-0.1, -0.05) is 48.5 Å². The van der Waals surface area contributed by atoms with Gasteiger partial charge < -0.3 is 0 Å². The van der Waals surface area contributed by atoms with Crippen LogP contribution in [0.25, 0.3) is 0 Å². The average molecular weight is 404 g/mol. The number of carbonyl (C=O) groups excluding carboxylic acids is 2. The fourth-order valence-electron chi connectivity index (χ4n) is 3.74. The Balaban J connectivity index is 1.15. The van der Waals surface area contributed by atoms with Crippen molar-refractivity contribution in [3.63, 3.8) is 0 Å². The molecule has 8 heteroatoms. The normalized spacial score (nSPS) is 14.5. The molecule has 4 rings (SSSR count). The Hall–Kier alpha value is -3.68. The third-order valence-corrected chi connectivity index (χ3v) is 5.32. The van der Waals surface area contributed by atoms with E-state index in [1.54, 1.807) is 10.0 Å². The fourth-order valence-corrected chi connectivity index (χ4v) is 3.74. The molecule has 0 atom stereocenters. The van der Waals surface area contributed by atoms with E-state index in [0.29, 0.717) is 50.4 Å². The van der Waals surface area contributed by atoms with Gasteiger partial charge in [0.2, 0.25) is 11.8 Å². The van der Waals surface area contributed by atoms with E-state index in [9.17, 15) is 9.59 Å². The van der Waals surface area contributed by atoms with E-state index in [1.807, 2.05) is 48.5 Å². The largest absolute Gasteiger partial charge is 0.283 e.